The molecule has 0 saturated heterocycles. The summed E-state index contributed by atoms with van der Waals surface area (Å²) in [6.07, 6.45) is 2.57. The monoisotopic (exact) mass is 308 g/mol. The minimum absolute atomic E-state index is 0.359. The second-order valence-electron chi connectivity index (χ2n) is 5.66. The number of hydrogen-bond acceptors (Lipinski definition) is 3. The summed E-state index contributed by atoms with van der Waals surface area (Å²) < 4.78 is 32.6. The molecular formula is C17H22F2N2O. The van der Waals surface area contributed by atoms with Gasteiger partial charge in [0.2, 0.25) is 0 Å². The Morgan fingerprint density at radius 2 is 1.82 bits per heavy atom. The molecule has 5 heteroatoms. The van der Waals surface area contributed by atoms with Gasteiger partial charge >= 0.3 is 0 Å². The highest BCUT2D eigenvalue weighted by Crippen LogP contribution is 2.16. The molecule has 0 spiro atoms. The first kappa shape index (κ1) is 16.6. The van der Waals surface area contributed by atoms with Gasteiger partial charge in [0.15, 0.2) is 11.6 Å². The molecule has 0 aliphatic carbocycles. The predicted molar refractivity (Wildman–Crippen MR) is 82.4 cm³/mol. The largest absolute Gasteiger partial charge is 0.468 e. The first-order valence-corrected chi connectivity index (χ1v) is 7.38. The average molecular weight is 308 g/mol. The first-order chi connectivity index (χ1) is 10.6. The average Bonchev–Trinajstić information content (AvgIpc) is 2.96. The highest BCUT2D eigenvalue weighted by Gasteiger charge is 2.14. The maximum atomic E-state index is 13.9. The van der Waals surface area contributed by atoms with Crippen LogP contribution in [-0.2, 0) is 13.1 Å². The number of furan rings is 1. The zero-order valence-electron chi connectivity index (χ0n) is 13.1. The van der Waals surface area contributed by atoms with E-state index in [1.807, 2.05) is 26.2 Å². The van der Waals surface area contributed by atoms with E-state index < -0.39 is 11.6 Å². The Kier molecular flexibility index (Phi) is 6.10. The van der Waals surface area contributed by atoms with Crippen molar-refractivity contribution in [3.05, 3.63) is 59.6 Å². The Labute approximate surface area is 130 Å². The van der Waals surface area contributed by atoms with Crippen LogP contribution < -0.4 is 0 Å². The number of benzene rings is 1. The van der Waals surface area contributed by atoms with Gasteiger partial charge in [0, 0.05) is 18.7 Å². The van der Waals surface area contributed by atoms with Crippen molar-refractivity contribution in [2.45, 2.75) is 19.5 Å². The molecule has 0 atom stereocenters. The van der Waals surface area contributed by atoms with E-state index in [9.17, 15) is 8.78 Å². The van der Waals surface area contributed by atoms with Gasteiger partial charge in [-0.25, -0.2) is 8.78 Å². The van der Waals surface area contributed by atoms with Crippen LogP contribution in [0.3, 0.4) is 0 Å². The Morgan fingerprint density at radius 1 is 1.00 bits per heavy atom. The molecule has 0 aliphatic rings. The molecule has 0 saturated carbocycles. The summed E-state index contributed by atoms with van der Waals surface area (Å²) >= 11 is 0. The van der Waals surface area contributed by atoms with E-state index in [0.717, 1.165) is 31.3 Å². The summed E-state index contributed by atoms with van der Waals surface area (Å²) in [7, 11) is 4.03. The van der Waals surface area contributed by atoms with E-state index in [2.05, 4.69) is 9.80 Å². The summed E-state index contributed by atoms with van der Waals surface area (Å²) in [5, 5.41) is 0. The molecule has 120 valence electrons. The smallest absolute Gasteiger partial charge is 0.163 e. The molecule has 1 heterocycles. The van der Waals surface area contributed by atoms with Crippen LogP contribution in [0.4, 0.5) is 8.78 Å². The van der Waals surface area contributed by atoms with Crippen molar-refractivity contribution >= 4 is 0 Å². The standard InChI is InChI=1S/C17H22F2N2O/c1-20(2)9-5-10-21(13-15-7-4-11-22-15)12-14-6-3-8-16(18)17(14)19/h3-4,6-8,11H,5,9-10,12-13H2,1-2H3. The lowest BCUT2D eigenvalue weighted by Crippen LogP contribution is -2.27. The Morgan fingerprint density at radius 3 is 2.50 bits per heavy atom. The minimum Gasteiger partial charge on any atom is -0.468 e. The second-order valence-corrected chi connectivity index (χ2v) is 5.66. The zero-order chi connectivity index (χ0) is 15.9. The van der Waals surface area contributed by atoms with Gasteiger partial charge in [-0.3, -0.25) is 4.90 Å². The highest BCUT2D eigenvalue weighted by atomic mass is 19.2. The molecule has 0 N–H and O–H groups in total. The van der Waals surface area contributed by atoms with Gasteiger partial charge in [-0.1, -0.05) is 12.1 Å². The molecule has 0 aliphatic heterocycles. The lowest BCUT2D eigenvalue weighted by Gasteiger charge is -2.22. The van der Waals surface area contributed by atoms with Gasteiger partial charge in [0.25, 0.3) is 0 Å². The van der Waals surface area contributed by atoms with E-state index in [1.54, 1.807) is 18.4 Å². The Hall–Kier alpha value is -1.72. The third-order valence-electron chi connectivity index (χ3n) is 3.46. The first-order valence-electron chi connectivity index (χ1n) is 7.38. The van der Waals surface area contributed by atoms with Gasteiger partial charge in [0.1, 0.15) is 5.76 Å². The molecule has 1 aromatic carbocycles. The fraction of sp³-hybridized carbons (Fsp3) is 0.412. The Balaban J connectivity index is 2.04. The molecule has 1 aromatic heterocycles. The predicted octanol–water partition coefficient (Wildman–Crippen LogP) is 3.51. The summed E-state index contributed by atoms with van der Waals surface area (Å²) in [4.78, 5) is 4.17. The number of nitrogens with zero attached hydrogens (tertiary/aromatic N) is 2. The number of rotatable bonds is 8. The van der Waals surface area contributed by atoms with Crippen LogP contribution in [0.15, 0.2) is 41.0 Å². The normalized spacial score (nSPS) is 11.5. The molecule has 0 fully saturated rings. The van der Waals surface area contributed by atoms with Crippen molar-refractivity contribution < 1.29 is 13.2 Å². The molecule has 3 nitrogen and oxygen atoms in total. The maximum absolute atomic E-state index is 13.9. The third-order valence-corrected chi connectivity index (χ3v) is 3.46. The molecule has 0 bridgehead atoms. The van der Waals surface area contributed by atoms with Crippen LogP contribution in [0.5, 0.6) is 0 Å². The minimum atomic E-state index is -0.802. The van der Waals surface area contributed by atoms with Crippen molar-refractivity contribution in [3.63, 3.8) is 0 Å². The molecule has 2 aromatic rings. The fourth-order valence-corrected chi connectivity index (χ4v) is 2.36. The van der Waals surface area contributed by atoms with Gasteiger partial charge < -0.3 is 9.32 Å². The van der Waals surface area contributed by atoms with E-state index in [0.29, 0.717) is 18.7 Å². The van der Waals surface area contributed by atoms with E-state index in [4.69, 9.17) is 4.42 Å². The second kappa shape index (κ2) is 8.06. The third kappa shape index (κ3) is 4.93. The molecule has 0 unspecified atom stereocenters. The van der Waals surface area contributed by atoms with Crippen LogP contribution in [0.25, 0.3) is 0 Å². The molecule has 0 radical (unpaired) electrons. The number of hydrogen-bond donors (Lipinski definition) is 0. The summed E-state index contributed by atoms with van der Waals surface area (Å²) in [5.74, 6) is -0.745. The van der Waals surface area contributed by atoms with Crippen molar-refractivity contribution in [1.29, 1.82) is 0 Å². The van der Waals surface area contributed by atoms with Crippen molar-refractivity contribution in [3.8, 4) is 0 Å². The van der Waals surface area contributed by atoms with E-state index in [-0.39, 0.29) is 0 Å². The fourth-order valence-electron chi connectivity index (χ4n) is 2.36. The number of halogens is 2. The van der Waals surface area contributed by atoms with Crippen LogP contribution in [0.1, 0.15) is 17.7 Å². The van der Waals surface area contributed by atoms with Crippen LogP contribution in [-0.4, -0.2) is 37.0 Å². The zero-order valence-corrected chi connectivity index (χ0v) is 13.1. The molecule has 2 rings (SSSR count). The van der Waals surface area contributed by atoms with E-state index >= 15 is 0 Å². The van der Waals surface area contributed by atoms with E-state index in [1.165, 1.54) is 0 Å². The lowest BCUT2D eigenvalue weighted by atomic mass is 10.2. The summed E-state index contributed by atoms with van der Waals surface area (Å²) in [5.41, 5.74) is 0.372. The van der Waals surface area contributed by atoms with Crippen LogP contribution in [0, 0.1) is 11.6 Å². The van der Waals surface area contributed by atoms with Gasteiger partial charge in [-0.05, 0) is 45.3 Å². The molecule has 22 heavy (non-hydrogen) atoms. The van der Waals surface area contributed by atoms with Crippen molar-refractivity contribution in [2.75, 3.05) is 27.2 Å². The van der Waals surface area contributed by atoms with Crippen LogP contribution >= 0.6 is 0 Å². The van der Waals surface area contributed by atoms with Gasteiger partial charge in [0.05, 0.1) is 12.8 Å². The highest BCUT2D eigenvalue weighted by molar-refractivity contribution is 5.19. The molecular weight excluding hydrogens is 286 g/mol. The van der Waals surface area contributed by atoms with Gasteiger partial charge in [-0.15, -0.1) is 0 Å². The van der Waals surface area contributed by atoms with Crippen LogP contribution in [0.2, 0.25) is 0 Å². The molecule has 0 amide bonds. The summed E-state index contributed by atoms with van der Waals surface area (Å²) in [6.45, 7) is 2.67. The summed E-state index contributed by atoms with van der Waals surface area (Å²) in [6, 6.07) is 8.02. The Bertz CT molecular complexity index is 570. The van der Waals surface area contributed by atoms with Gasteiger partial charge in [-0.2, -0.15) is 0 Å². The lowest BCUT2D eigenvalue weighted by molar-refractivity contribution is 0.219. The van der Waals surface area contributed by atoms with Crippen molar-refractivity contribution in [2.24, 2.45) is 0 Å². The SMILES string of the molecule is CN(C)CCCN(Cc1ccco1)Cc1cccc(F)c1F. The topological polar surface area (TPSA) is 19.6 Å². The quantitative estimate of drug-likeness (QED) is 0.744. The maximum Gasteiger partial charge on any atom is 0.163 e. The van der Waals surface area contributed by atoms with Crippen molar-refractivity contribution in [1.82, 2.24) is 9.80 Å².